The van der Waals surface area contributed by atoms with E-state index in [0.29, 0.717) is 29.8 Å². The van der Waals surface area contributed by atoms with E-state index < -0.39 is 23.4 Å². The number of benzene rings is 2. The Morgan fingerprint density at radius 1 is 1.12 bits per heavy atom. The van der Waals surface area contributed by atoms with Gasteiger partial charge in [-0.3, -0.25) is 14.4 Å². The molecule has 1 atom stereocenters. The van der Waals surface area contributed by atoms with Crippen molar-refractivity contribution in [1.82, 2.24) is 25.2 Å². The van der Waals surface area contributed by atoms with E-state index >= 15 is 0 Å². The van der Waals surface area contributed by atoms with Gasteiger partial charge in [-0.05, 0) is 74.1 Å². The summed E-state index contributed by atoms with van der Waals surface area (Å²) in [6.07, 6.45) is 3.03. The Morgan fingerprint density at radius 3 is 2.71 bits per heavy atom. The van der Waals surface area contributed by atoms with Gasteiger partial charge < -0.3 is 20.5 Å². The number of nitrogens with zero attached hydrogens (tertiary/aromatic N) is 3. The van der Waals surface area contributed by atoms with Gasteiger partial charge in [0.2, 0.25) is 0 Å². The quantitative estimate of drug-likeness (QED) is 0.321. The van der Waals surface area contributed by atoms with Crippen LogP contribution in [-0.2, 0) is 24.2 Å². The third kappa shape index (κ3) is 4.76. The van der Waals surface area contributed by atoms with E-state index in [4.69, 9.17) is 4.74 Å². The van der Waals surface area contributed by atoms with E-state index in [0.717, 1.165) is 22.3 Å². The monoisotopic (exact) mass is 567 g/mol. The van der Waals surface area contributed by atoms with Gasteiger partial charge in [-0.25, -0.2) is 14.3 Å². The zero-order chi connectivity index (χ0) is 29.8. The van der Waals surface area contributed by atoms with E-state index in [1.165, 1.54) is 16.8 Å². The maximum atomic E-state index is 13.5. The van der Waals surface area contributed by atoms with Crippen molar-refractivity contribution in [3.63, 3.8) is 0 Å². The molecular weight excluding hydrogens is 538 g/mol. The molecule has 11 nitrogen and oxygen atoms in total. The maximum Gasteiger partial charge on any atom is 0.335 e. The van der Waals surface area contributed by atoms with E-state index in [1.807, 2.05) is 12.1 Å². The molecule has 6 rings (SSSR count). The van der Waals surface area contributed by atoms with Crippen LogP contribution in [0.4, 0.5) is 0 Å². The summed E-state index contributed by atoms with van der Waals surface area (Å²) in [6.45, 7) is 5.46. The van der Waals surface area contributed by atoms with Crippen molar-refractivity contribution in [1.29, 1.82) is 0 Å². The Morgan fingerprint density at radius 2 is 1.93 bits per heavy atom. The number of ether oxygens (including phenoxy) is 1. The van der Waals surface area contributed by atoms with Gasteiger partial charge in [0, 0.05) is 30.7 Å². The molecule has 1 aliphatic carbocycles. The van der Waals surface area contributed by atoms with E-state index in [1.54, 1.807) is 45.0 Å². The average molecular weight is 568 g/mol. The average Bonchev–Trinajstić information content (AvgIpc) is 3.59. The number of fused-ring (bicyclic) bond motifs is 3. The summed E-state index contributed by atoms with van der Waals surface area (Å²) in [7, 11) is 0. The highest BCUT2D eigenvalue weighted by atomic mass is 16.5. The fraction of sp³-hybridized carbons (Fsp3) is 0.290. The van der Waals surface area contributed by atoms with Gasteiger partial charge >= 0.3 is 5.97 Å². The third-order valence-corrected chi connectivity index (χ3v) is 8.02. The van der Waals surface area contributed by atoms with Gasteiger partial charge in [-0.2, -0.15) is 5.10 Å². The number of Topliss-reactive ketones (excluding diaryl/α,β-unsaturated/α-hetero) is 1. The van der Waals surface area contributed by atoms with Gasteiger partial charge in [0.05, 0.1) is 17.8 Å². The van der Waals surface area contributed by atoms with Crippen LogP contribution in [0.15, 0.2) is 48.7 Å². The summed E-state index contributed by atoms with van der Waals surface area (Å²) in [4.78, 5) is 54.9. The molecule has 2 aromatic heterocycles. The number of aromatic nitrogens is 3. The van der Waals surface area contributed by atoms with Crippen molar-refractivity contribution in [2.24, 2.45) is 0 Å². The van der Waals surface area contributed by atoms with Crippen LogP contribution in [0.1, 0.15) is 85.5 Å². The Balaban J connectivity index is 1.20. The maximum absolute atomic E-state index is 13.5. The van der Waals surface area contributed by atoms with Crippen molar-refractivity contribution < 1.29 is 29.0 Å². The molecule has 0 saturated carbocycles. The summed E-state index contributed by atoms with van der Waals surface area (Å²) < 4.78 is 7.20. The summed E-state index contributed by atoms with van der Waals surface area (Å²) in [5.74, 6) is -1.24. The van der Waals surface area contributed by atoms with Crippen LogP contribution >= 0.6 is 0 Å². The van der Waals surface area contributed by atoms with E-state index in [9.17, 15) is 24.3 Å². The molecule has 2 aromatic carbocycles. The van der Waals surface area contributed by atoms with Crippen LogP contribution in [0.3, 0.4) is 0 Å². The number of nitrogens with one attached hydrogen (secondary N) is 2. The predicted octanol–water partition coefficient (Wildman–Crippen LogP) is 3.37. The highest BCUT2D eigenvalue weighted by Crippen LogP contribution is 2.35. The third-order valence-electron chi connectivity index (χ3n) is 8.02. The number of carboxylic acid groups (broad SMARTS) is 1. The lowest BCUT2D eigenvalue weighted by Gasteiger charge is -2.31. The van der Waals surface area contributed by atoms with Crippen LogP contribution in [0.5, 0.6) is 5.75 Å². The molecule has 2 amide bonds. The lowest BCUT2D eigenvalue weighted by molar-refractivity contribution is -0.132. The van der Waals surface area contributed by atoms with Crippen molar-refractivity contribution in [3.8, 4) is 5.75 Å². The zero-order valence-corrected chi connectivity index (χ0v) is 23.4. The number of carbonyl (C=O) groups excluding carboxylic acids is 3. The van der Waals surface area contributed by atoms with Gasteiger partial charge in [0.15, 0.2) is 17.0 Å². The minimum Gasteiger partial charge on any atom is -0.480 e. The molecule has 3 heterocycles. The fourth-order valence-corrected chi connectivity index (χ4v) is 5.66. The molecular formula is C31H29N5O6. The van der Waals surface area contributed by atoms with Crippen molar-refractivity contribution in [2.45, 2.75) is 58.2 Å². The lowest BCUT2D eigenvalue weighted by Crippen LogP contribution is -2.42. The summed E-state index contributed by atoms with van der Waals surface area (Å²) in [5, 5.41) is 19.5. The highest BCUT2D eigenvalue weighted by molar-refractivity contribution is 5.98. The lowest BCUT2D eigenvalue weighted by atomic mass is 9.92. The topological polar surface area (TPSA) is 152 Å². The second-order valence-electron chi connectivity index (χ2n) is 11.1. The summed E-state index contributed by atoms with van der Waals surface area (Å²) in [5.41, 5.74) is 4.02. The second kappa shape index (κ2) is 10.1. The SMILES string of the molecule is Cc1c(C(=O)O)ccc2c1CC[C@@H]2NC(=O)c1cc(C(=O)NCc2ccc3c(c2)CC(=O)C(C)(C)O3)nc2ccnn12. The zero-order valence-electron chi connectivity index (χ0n) is 23.4. The van der Waals surface area contributed by atoms with Gasteiger partial charge in [0.25, 0.3) is 11.8 Å². The standard InChI is InChI=1S/C31H29N5O6/c1-16-19-7-8-22(21(19)6-5-20(16)30(40)41)35-29(39)24-14-23(34-27-10-11-33-36(24)27)28(38)32-15-17-4-9-25-18(12-17)13-26(37)31(2,3)42-25/h4-6,9-12,14,22H,7-8,13,15H2,1-3H3,(H,32,38)(H,35,39)(H,40,41)/t22-/m0/s1. The van der Waals surface area contributed by atoms with Gasteiger partial charge in [0.1, 0.15) is 17.1 Å². The smallest absolute Gasteiger partial charge is 0.335 e. The first-order valence-corrected chi connectivity index (χ1v) is 13.7. The molecule has 2 aliphatic rings. The number of aromatic carboxylic acids is 1. The van der Waals surface area contributed by atoms with Gasteiger partial charge in [-0.15, -0.1) is 0 Å². The molecule has 0 spiro atoms. The molecule has 0 radical (unpaired) electrons. The van der Waals surface area contributed by atoms with Crippen LogP contribution in [0.25, 0.3) is 5.65 Å². The molecule has 0 unspecified atom stereocenters. The number of rotatable bonds is 6. The minimum absolute atomic E-state index is 0.0125. The largest absolute Gasteiger partial charge is 0.480 e. The number of amides is 2. The Kier molecular flexibility index (Phi) is 6.52. The second-order valence-corrected chi connectivity index (χ2v) is 11.1. The van der Waals surface area contributed by atoms with Crippen molar-refractivity contribution in [2.75, 3.05) is 0 Å². The number of carbonyl (C=O) groups is 4. The summed E-state index contributed by atoms with van der Waals surface area (Å²) in [6, 6.07) is 11.5. The van der Waals surface area contributed by atoms with Crippen LogP contribution in [-0.4, -0.2) is 48.9 Å². The van der Waals surface area contributed by atoms with E-state index in [2.05, 4.69) is 20.7 Å². The molecule has 4 aromatic rings. The summed E-state index contributed by atoms with van der Waals surface area (Å²) >= 11 is 0. The van der Waals surface area contributed by atoms with Crippen molar-refractivity contribution >= 4 is 29.2 Å². The molecule has 1 aliphatic heterocycles. The Hall–Kier alpha value is -5.06. The normalized spacial score (nSPS) is 16.8. The Labute approximate surface area is 240 Å². The highest BCUT2D eigenvalue weighted by Gasteiger charge is 2.35. The Bertz CT molecular complexity index is 1810. The predicted molar refractivity (Wildman–Crippen MR) is 151 cm³/mol. The molecule has 0 bridgehead atoms. The molecule has 3 N–H and O–H groups in total. The van der Waals surface area contributed by atoms with Crippen molar-refractivity contribution in [3.05, 3.63) is 93.4 Å². The first-order valence-electron chi connectivity index (χ1n) is 13.7. The number of hydrogen-bond donors (Lipinski definition) is 3. The first kappa shape index (κ1) is 27.1. The molecule has 0 fully saturated rings. The van der Waals surface area contributed by atoms with Crippen LogP contribution in [0.2, 0.25) is 0 Å². The van der Waals surface area contributed by atoms with Crippen LogP contribution < -0.4 is 15.4 Å². The van der Waals surface area contributed by atoms with Crippen LogP contribution in [0, 0.1) is 6.92 Å². The number of hydrogen-bond acceptors (Lipinski definition) is 7. The van der Waals surface area contributed by atoms with E-state index in [-0.39, 0.29) is 41.7 Å². The first-order chi connectivity index (χ1) is 20.0. The molecule has 11 heteroatoms. The molecule has 42 heavy (non-hydrogen) atoms. The fourth-order valence-electron chi connectivity index (χ4n) is 5.66. The molecule has 0 saturated heterocycles. The van der Waals surface area contributed by atoms with Gasteiger partial charge in [-0.1, -0.05) is 12.1 Å². The minimum atomic E-state index is -0.980. The number of ketones is 1. The molecule has 214 valence electrons. The number of carboxylic acids is 1.